The zero-order valence-electron chi connectivity index (χ0n) is 12.6. The minimum Gasteiger partial charge on any atom is -0.302 e. The van der Waals surface area contributed by atoms with Crippen LogP contribution in [-0.2, 0) is 5.54 Å². The van der Waals surface area contributed by atoms with Crippen molar-refractivity contribution in [2.75, 3.05) is 0 Å². The Labute approximate surface area is 121 Å². The summed E-state index contributed by atoms with van der Waals surface area (Å²) in [6.07, 6.45) is 6.64. The molecule has 2 fully saturated rings. The molecular formula is C16H26N2S. The zero-order chi connectivity index (χ0) is 13.6. The molecule has 3 heteroatoms. The molecule has 0 aliphatic heterocycles. The summed E-state index contributed by atoms with van der Waals surface area (Å²) in [4.78, 5) is 6.31. The summed E-state index contributed by atoms with van der Waals surface area (Å²) in [5, 5.41) is 5.34. The molecule has 19 heavy (non-hydrogen) atoms. The van der Waals surface area contributed by atoms with Crippen molar-refractivity contribution in [1.82, 2.24) is 10.3 Å². The molecule has 1 N–H and O–H groups in total. The quantitative estimate of drug-likeness (QED) is 0.898. The number of aromatic nitrogens is 1. The third kappa shape index (κ3) is 2.47. The molecule has 3 atom stereocenters. The van der Waals surface area contributed by atoms with Crippen LogP contribution >= 0.6 is 11.3 Å². The number of thiazole rings is 1. The Kier molecular flexibility index (Phi) is 3.46. The van der Waals surface area contributed by atoms with Crippen molar-refractivity contribution in [3.05, 3.63) is 15.6 Å². The Morgan fingerprint density at radius 1 is 1.21 bits per heavy atom. The summed E-state index contributed by atoms with van der Waals surface area (Å²) in [7, 11) is 0. The molecule has 1 aromatic heterocycles. The lowest BCUT2D eigenvalue weighted by molar-refractivity contribution is 0.119. The number of rotatable bonds is 3. The Morgan fingerprint density at radius 2 is 1.95 bits per heavy atom. The maximum Gasteiger partial charge on any atom is 0.114 e. The van der Waals surface area contributed by atoms with Crippen LogP contribution in [0.3, 0.4) is 0 Å². The number of nitrogens with one attached hydrogen (secondary N) is 1. The first-order chi connectivity index (χ1) is 9.01. The highest BCUT2D eigenvalue weighted by atomic mass is 32.1. The molecule has 0 aromatic carbocycles. The highest BCUT2D eigenvalue weighted by molar-refractivity contribution is 7.11. The molecule has 2 nitrogen and oxygen atoms in total. The van der Waals surface area contributed by atoms with Crippen molar-refractivity contribution >= 4 is 11.3 Å². The lowest BCUT2D eigenvalue weighted by Crippen LogP contribution is -2.51. The third-order valence-corrected chi connectivity index (χ3v) is 6.33. The van der Waals surface area contributed by atoms with Gasteiger partial charge in [-0.15, -0.1) is 11.3 Å². The fourth-order valence-corrected chi connectivity index (χ4v) is 4.70. The lowest BCUT2D eigenvalue weighted by atomic mass is 9.70. The van der Waals surface area contributed by atoms with Gasteiger partial charge in [-0.25, -0.2) is 4.98 Å². The highest BCUT2D eigenvalue weighted by Gasteiger charge is 2.46. The first-order valence-corrected chi connectivity index (χ1v) is 8.55. The average molecular weight is 278 g/mol. The molecule has 0 saturated heterocycles. The van der Waals surface area contributed by atoms with Gasteiger partial charge in [0, 0.05) is 10.9 Å². The number of hydrogen-bond acceptors (Lipinski definition) is 3. The molecule has 1 aromatic rings. The first kappa shape index (κ1) is 13.6. The molecule has 3 unspecified atom stereocenters. The van der Waals surface area contributed by atoms with E-state index in [9.17, 15) is 0 Å². The van der Waals surface area contributed by atoms with Crippen LogP contribution in [0.4, 0.5) is 0 Å². The Hall–Kier alpha value is -0.410. The standard InChI is InChI=1S/C16H26N2S/c1-10-7-8-16(11(2)9-10,18-14-5-6-14)15-17-12(3)13(4)19-15/h10-11,14,18H,5-9H2,1-4H3. The second-order valence-electron chi connectivity index (χ2n) is 6.83. The molecule has 0 spiro atoms. The van der Waals surface area contributed by atoms with Crippen LogP contribution in [0.15, 0.2) is 0 Å². The van der Waals surface area contributed by atoms with Crippen LogP contribution in [0, 0.1) is 25.7 Å². The molecule has 2 saturated carbocycles. The molecule has 0 radical (unpaired) electrons. The van der Waals surface area contributed by atoms with E-state index in [-0.39, 0.29) is 5.54 Å². The monoisotopic (exact) mass is 278 g/mol. The maximum atomic E-state index is 4.92. The van der Waals surface area contributed by atoms with Gasteiger partial charge >= 0.3 is 0 Å². The fourth-order valence-electron chi connectivity index (χ4n) is 3.49. The van der Waals surface area contributed by atoms with Gasteiger partial charge in [0.2, 0.25) is 0 Å². The summed E-state index contributed by atoms with van der Waals surface area (Å²) < 4.78 is 0. The van der Waals surface area contributed by atoms with E-state index in [1.807, 2.05) is 11.3 Å². The fraction of sp³-hybridized carbons (Fsp3) is 0.812. The van der Waals surface area contributed by atoms with Gasteiger partial charge in [-0.05, 0) is 57.8 Å². The Balaban J connectivity index is 1.95. The normalized spacial score (nSPS) is 35.6. The van der Waals surface area contributed by atoms with Gasteiger partial charge in [0.15, 0.2) is 0 Å². The Bertz CT molecular complexity index is 444. The topological polar surface area (TPSA) is 24.9 Å². The van der Waals surface area contributed by atoms with Gasteiger partial charge in [0.25, 0.3) is 0 Å². The van der Waals surface area contributed by atoms with E-state index in [0.29, 0.717) is 5.92 Å². The molecule has 0 bridgehead atoms. The van der Waals surface area contributed by atoms with Crippen molar-refractivity contribution < 1.29 is 0 Å². The molecular weight excluding hydrogens is 252 g/mol. The van der Waals surface area contributed by atoms with Crippen LogP contribution in [-0.4, -0.2) is 11.0 Å². The SMILES string of the molecule is Cc1nc(C2(NC3CC3)CCC(C)CC2C)sc1C. The van der Waals surface area contributed by atoms with E-state index in [1.54, 1.807) is 0 Å². The first-order valence-electron chi connectivity index (χ1n) is 7.73. The van der Waals surface area contributed by atoms with Gasteiger partial charge in [0.05, 0.1) is 11.2 Å². The van der Waals surface area contributed by atoms with E-state index in [0.717, 1.165) is 12.0 Å². The number of hydrogen-bond donors (Lipinski definition) is 1. The van der Waals surface area contributed by atoms with E-state index in [2.05, 4.69) is 33.0 Å². The highest BCUT2D eigenvalue weighted by Crippen LogP contribution is 2.47. The van der Waals surface area contributed by atoms with Gasteiger partial charge in [-0.2, -0.15) is 0 Å². The van der Waals surface area contributed by atoms with Crippen molar-refractivity contribution in [1.29, 1.82) is 0 Å². The molecule has 2 aliphatic carbocycles. The molecule has 0 amide bonds. The van der Waals surface area contributed by atoms with Crippen LogP contribution in [0.25, 0.3) is 0 Å². The smallest absolute Gasteiger partial charge is 0.114 e. The van der Waals surface area contributed by atoms with E-state index >= 15 is 0 Å². The van der Waals surface area contributed by atoms with E-state index in [1.165, 1.54) is 47.7 Å². The van der Waals surface area contributed by atoms with Crippen LogP contribution in [0.2, 0.25) is 0 Å². The van der Waals surface area contributed by atoms with Crippen LogP contribution in [0.1, 0.15) is 61.5 Å². The summed E-state index contributed by atoms with van der Waals surface area (Å²) in [6.45, 7) is 9.18. The minimum atomic E-state index is 0.164. The van der Waals surface area contributed by atoms with Crippen molar-refractivity contribution in [2.24, 2.45) is 11.8 Å². The molecule has 2 aliphatic rings. The second kappa shape index (κ2) is 4.85. The Morgan fingerprint density at radius 3 is 2.47 bits per heavy atom. The summed E-state index contributed by atoms with van der Waals surface area (Å²) in [5.41, 5.74) is 1.39. The maximum absolute atomic E-state index is 4.92. The van der Waals surface area contributed by atoms with E-state index in [4.69, 9.17) is 4.98 Å². The summed E-state index contributed by atoms with van der Waals surface area (Å²) in [6, 6.07) is 0.750. The van der Waals surface area contributed by atoms with Crippen LogP contribution in [0.5, 0.6) is 0 Å². The molecule has 106 valence electrons. The van der Waals surface area contributed by atoms with Crippen molar-refractivity contribution in [2.45, 2.75) is 71.4 Å². The number of aryl methyl sites for hydroxylation is 2. The second-order valence-corrected chi connectivity index (χ2v) is 8.03. The average Bonchev–Trinajstić information content (AvgIpc) is 3.09. The van der Waals surface area contributed by atoms with Crippen molar-refractivity contribution in [3.8, 4) is 0 Å². The van der Waals surface area contributed by atoms with Gasteiger partial charge < -0.3 is 5.32 Å². The largest absolute Gasteiger partial charge is 0.302 e. The zero-order valence-corrected chi connectivity index (χ0v) is 13.4. The van der Waals surface area contributed by atoms with Gasteiger partial charge in [-0.1, -0.05) is 13.8 Å². The van der Waals surface area contributed by atoms with Crippen molar-refractivity contribution in [3.63, 3.8) is 0 Å². The molecule has 1 heterocycles. The number of nitrogens with zero attached hydrogens (tertiary/aromatic N) is 1. The predicted molar refractivity (Wildman–Crippen MR) is 81.6 cm³/mol. The van der Waals surface area contributed by atoms with Gasteiger partial charge in [-0.3, -0.25) is 0 Å². The predicted octanol–water partition coefficient (Wildman–Crippen LogP) is 4.16. The van der Waals surface area contributed by atoms with Crippen LogP contribution < -0.4 is 5.32 Å². The third-order valence-electron chi connectivity index (χ3n) is 5.08. The summed E-state index contributed by atoms with van der Waals surface area (Å²) >= 11 is 1.92. The van der Waals surface area contributed by atoms with Gasteiger partial charge in [0.1, 0.15) is 5.01 Å². The molecule has 3 rings (SSSR count). The van der Waals surface area contributed by atoms with E-state index < -0.39 is 0 Å². The summed E-state index contributed by atoms with van der Waals surface area (Å²) in [5.74, 6) is 1.56. The minimum absolute atomic E-state index is 0.164. The lowest BCUT2D eigenvalue weighted by Gasteiger charge is -2.44.